The second kappa shape index (κ2) is 7.39. The van der Waals surface area contributed by atoms with Crippen molar-refractivity contribution in [1.82, 2.24) is 9.80 Å². The summed E-state index contributed by atoms with van der Waals surface area (Å²) in [4.78, 5) is 27.9. The van der Waals surface area contributed by atoms with Crippen LogP contribution in [0.3, 0.4) is 0 Å². The Kier molecular flexibility index (Phi) is 5.22. The Morgan fingerprint density at radius 3 is 2.68 bits per heavy atom. The van der Waals surface area contributed by atoms with Crippen molar-refractivity contribution >= 4 is 29.4 Å². The van der Waals surface area contributed by atoms with Gasteiger partial charge in [0.05, 0.1) is 18.8 Å². The Balaban J connectivity index is 1.59. The minimum Gasteiger partial charge on any atom is -0.495 e. The van der Waals surface area contributed by atoms with Gasteiger partial charge in [-0.15, -0.1) is 0 Å². The van der Waals surface area contributed by atoms with Gasteiger partial charge in [0, 0.05) is 24.2 Å². The predicted octanol–water partition coefficient (Wildman–Crippen LogP) is 3.19. The summed E-state index contributed by atoms with van der Waals surface area (Å²) in [6.45, 7) is 3.58. The molecule has 1 N–H and O–H groups in total. The van der Waals surface area contributed by atoms with E-state index in [1.807, 2.05) is 6.92 Å². The van der Waals surface area contributed by atoms with E-state index < -0.39 is 0 Å². The Bertz CT molecular complexity index is 661. The molecular weight excluding hydrogens is 346 g/mol. The maximum atomic E-state index is 12.5. The highest BCUT2D eigenvalue weighted by Gasteiger charge is 2.37. The summed E-state index contributed by atoms with van der Waals surface area (Å²) in [5.74, 6) is 0.557. The van der Waals surface area contributed by atoms with Gasteiger partial charge in [-0.2, -0.15) is 0 Å². The number of cyclic esters (lactones) is 1. The van der Waals surface area contributed by atoms with Crippen molar-refractivity contribution in [2.75, 3.05) is 32.1 Å². The third kappa shape index (κ3) is 3.76. The minimum absolute atomic E-state index is 0.0913. The van der Waals surface area contributed by atoms with Gasteiger partial charge in [-0.05, 0) is 38.0 Å². The number of ether oxygens (including phenoxy) is 2. The lowest BCUT2D eigenvalue weighted by Crippen LogP contribution is -2.50. The summed E-state index contributed by atoms with van der Waals surface area (Å²) in [6.07, 6.45) is 1.22. The van der Waals surface area contributed by atoms with Crippen LogP contribution in [0.4, 0.5) is 15.3 Å². The zero-order chi connectivity index (χ0) is 18.0. The molecule has 0 aromatic heterocycles. The molecule has 1 unspecified atom stereocenters. The molecule has 25 heavy (non-hydrogen) atoms. The number of halogens is 1. The van der Waals surface area contributed by atoms with E-state index >= 15 is 0 Å². The number of nitrogens with one attached hydrogen (secondary N) is 1. The number of hydrogen-bond donors (Lipinski definition) is 1. The van der Waals surface area contributed by atoms with Crippen LogP contribution in [0.1, 0.15) is 19.8 Å². The first-order chi connectivity index (χ1) is 12.0. The Labute approximate surface area is 151 Å². The number of likely N-dealkylation sites (tertiary alicyclic amines) is 1. The summed E-state index contributed by atoms with van der Waals surface area (Å²) < 4.78 is 10.3. The van der Waals surface area contributed by atoms with Crippen molar-refractivity contribution in [1.29, 1.82) is 0 Å². The van der Waals surface area contributed by atoms with Gasteiger partial charge in [-0.1, -0.05) is 11.6 Å². The fraction of sp³-hybridized carbons (Fsp3) is 0.529. The number of nitrogens with zero attached hydrogens (tertiary/aromatic N) is 2. The third-order valence-electron chi connectivity index (χ3n) is 4.68. The minimum atomic E-state index is -0.251. The van der Waals surface area contributed by atoms with E-state index in [9.17, 15) is 9.59 Å². The molecule has 136 valence electrons. The largest absolute Gasteiger partial charge is 0.495 e. The number of benzene rings is 1. The average molecular weight is 368 g/mol. The summed E-state index contributed by atoms with van der Waals surface area (Å²) in [5.41, 5.74) is 0.541. The van der Waals surface area contributed by atoms with Crippen LogP contribution < -0.4 is 10.1 Å². The van der Waals surface area contributed by atoms with Crippen molar-refractivity contribution < 1.29 is 19.1 Å². The lowest BCUT2D eigenvalue weighted by Gasteiger charge is -2.37. The Morgan fingerprint density at radius 2 is 2.08 bits per heavy atom. The lowest BCUT2D eigenvalue weighted by atomic mass is 10.0. The van der Waals surface area contributed by atoms with Gasteiger partial charge in [0.25, 0.3) is 0 Å². The smallest absolute Gasteiger partial charge is 0.410 e. The van der Waals surface area contributed by atoms with E-state index in [1.165, 1.54) is 0 Å². The first-order valence-corrected chi connectivity index (χ1v) is 8.72. The van der Waals surface area contributed by atoms with Gasteiger partial charge in [0.2, 0.25) is 0 Å². The Morgan fingerprint density at radius 1 is 1.36 bits per heavy atom. The van der Waals surface area contributed by atoms with E-state index in [1.54, 1.807) is 35.1 Å². The molecule has 1 atom stereocenters. The second-order valence-corrected chi connectivity index (χ2v) is 6.76. The van der Waals surface area contributed by atoms with E-state index in [0.29, 0.717) is 36.2 Å². The molecule has 2 heterocycles. The van der Waals surface area contributed by atoms with Gasteiger partial charge in [-0.25, -0.2) is 9.59 Å². The lowest BCUT2D eigenvalue weighted by molar-refractivity contribution is 0.118. The van der Waals surface area contributed by atoms with E-state index in [4.69, 9.17) is 21.1 Å². The van der Waals surface area contributed by atoms with Gasteiger partial charge in [0.15, 0.2) is 0 Å². The van der Waals surface area contributed by atoms with Crippen LogP contribution in [-0.2, 0) is 4.74 Å². The fourth-order valence-corrected chi connectivity index (χ4v) is 3.53. The number of hydrogen-bond acceptors (Lipinski definition) is 4. The molecule has 1 aromatic carbocycles. The van der Waals surface area contributed by atoms with Gasteiger partial charge >= 0.3 is 12.1 Å². The van der Waals surface area contributed by atoms with Gasteiger partial charge in [0.1, 0.15) is 12.4 Å². The number of rotatable bonds is 3. The van der Waals surface area contributed by atoms with Gasteiger partial charge < -0.3 is 19.7 Å². The first-order valence-electron chi connectivity index (χ1n) is 8.34. The number of carbonyl (C=O) groups is 2. The van der Waals surface area contributed by atoms with Crippen LogP contribution in [0, 0.1) is 0 Å². The zero-order valence-corrected chi connectivity index (χ0v) is 15.1. The fourth-order valence-electron chi connectivity index (χ4n) is 3.35. The van der Waals surface area contributed by atoms with E-state index in [-0.39, 0.29) is 24.2 Å². The summed E-state index contributed by atoms with van der Waals surface area (Å²) in [7, 11) is 1.54. The molecule has 0 saturated carbocycles. The normalized spacial score (nSPS) is 21.2. The maximum absolute atomic E-state index is 12.5. The van der Waals surface area contributed by atoms with Crippen LogP contribution >= 0.6 is 11.6 Å². The molecule has 8 heteroatoms. The van der Waals surface area contributed by atoms with Crippen molar-refractivity contribution in [2.24, 2.45) is 0 Å². The summed E-state index contributed by atoms with van der Waals surface area (Å²) in [5, 5.41) is 3.37. The molecule has 0 aliphatic carbocycles. The number of carbonyl (C=O) groups excluding carboxylic acids is 2. The van der Waals surface area contributed by atoms with Crippen molar-refractivity contribution in [3.05, 3.63) is 23.2 Å². The molecule has 0 spiro atoms. The van der Waals surface area contributed by atoms with E-state index in [2.05, 4.69) is 5.32 Å². The molecule has 2 aliphatic heterocycles. The van der Waals surface area contributed by atoms with Crippen LogP contribution in [-0.4, -0.2) is 60.8 Å². The van der Waals surface area contributed by atoms with Crippen LogP contribution in [0.15, 0.2) is 18.2 Å². The standard InChI is InChI=1S/C17H22ClN3O4/c1-11-10-25-17(23)21(11)13-5-7-20(8-6-13)16(22)19-14-9-12(18)3-4-15(14)24-2/h3-4,9,11,13H,5-8,10H2,1-2H3,(H,19,22). The first kappa shape index (κ1) is 17.7. The second-order valence-electron chi connectivity index (χ2n) is 6.33. The van der Waals surface area contributed by atoms with Crippen LogP contribution in [0.5, 0.6) is 5.75 Å². The molecule has 2 saturated heterocycles. The summed E-state index contributed by atoms with van der Waals surface area (Å²) in [6, 6.07) is 5.09. The zero-order valence-electron chi connectivity index (χ0n) is 14.3. The highest BCUT2D eigenvalue weighted by Crippen LogP contribution is 2.29. The van der Waals surface area contributed by atoms with Gasteiger partial charge in [-0.3, -0.25) is 4.90 Å². The molecule has 0 radical (unpaired) electrons. The topological polar surface area (TPSA) is 71.1 Å². The third-order valence-corrected chi connectivity index (χ3v) is 4.92. The van der Waals surface area contributed by atoms with E-state index in [0.717, 1.165) is 12.8 Å². The van der Waals surface area contributed by atoms with Crippen LogP contribution in [0.2, 0.25) is 5.02 Å². The molecule has 2 aliphatic rings. The highest BCUT2D eigenvalue weighted by molar-refractivity contribution is 6.31. The molecular formula is C17H22ClN3O4. The van der Waals surface area contributed by atoms with Crippen LogP contribution in [0.25, 0.3) is 0 Å². The highest BCUT2D eigenvalue weighted by atomic mass is 35.5. The number of anilines is 1. The number of piperidine rings is 1. The maximum Gasteiger partial charge on any atom is 0.410 e. The van der Waals surface area contributed by atoms with Crippen molar-refractivity contribution in [3.63, 3.8) is 0 Å². The molecule has 1 aromatic rings. The predicted molar refractivity (Wildman–Crippen MR) is 94.3 cm³/mol. The average Bonchev–Trinajstić information content (AvgIpc) is 2.94. The van der Waals surface area contributed by atoms with Crippen molar-refractivity contribution in [2.45, 2.75) is 31.8 Å². The molecule has 3 rings (SSSR count). The summed E-state index contributed by atoms with van der Waals surface area (Å²) >= 11 is 5.99. The number of amides is 3. The molecule has 3 amide bonds. The number of methoxy groups -OCH3 is 1. The molecule has 2 fully saturated rings. The van der Waals surface area contributed by atoms with Crippen molar-refractivity contribution in [3.8, 4) is 5.75 Å². The molecule has 0 bridgehead atoms. The Hall–Kier alpha value is -2.15. The monoisotopic (exact) mass is 367 g/mol. The SMILES string of the molecule is COc1ccc(Cl)cc1NC(=O)N1CCC(N2C(=O)OCC2C)CC1. The number of urea groups is 1. The molecule has 7 nitrogen and oxygen atoms in total. The quantitative estimate of drug-likeness (QED) is 0.890.